The predicted octanol–water partition coefficient (Wildman–Crippen LogP) is 3.20. The fourth-order valence-electron chi connectivity index (χ4n) is 2.01. The number of rotatable bonds is 4. The number of ether oxygens (including phenoxy) is 1. The van der Waals surface area contributed by atoms with Gasteiger partial charge >= 0.3 is 0 Å². The monoisotopic (exact) mass is 304 g/mol. The zero-order valence-corrected chi connectivity index (χ0v) is 12.7. The molecule has 2 aromatic rings. The SMILES string of the molecule is COc1ccc(CN(C)C(=O)c2cccc(Cl)c2N)cc1. The number of benzene rings is 2. The lowest BCUT2D eigenvalue weighted by Crippen LogP contribution is -2.27. The number of hydrogen-bond acceptors (Lipinski definition) is 3. The van der Waals surface area contributed by atoms with E-state index in [-0.39, 0.29) is 5.91 Å². The van der Waals surface area contributed by atoms with Crippen LogP contribution in [0.1, 0.15) is 15.9 Å². The molecule has 0 aliphatic heterocycles. The second kappa shape index (κ2) is 6.50. The molecule has 0 bridgehead atoms. The maximum Gasteiger partial charge on any atom is 0.256 e. The van der Waals surface area contributed by atoms with Crippen molar-refractivity contribution < 1.29 is 9.53 Å². The van der Waals surface area contributed by atoms with E-state index in [1.165, 1.54) is 0 Å². The molecular weight excluding hydrogens is 288 g/mol. The lowest BCUT2D eigenvalue weighted by molar-refractivity contribution is 0.0786. The largest absolute Gasteiger partial charge is 0.497 e. The Morgan fingerprint density at radius 1 is 1.24 bits per heavy atom. The molecule has 0 atom stereocenters. The van der Waals surface area contributed by atoms with Crippen LogP contribution >= 0.6 is 11.6 Å². The second-order valence-corrected chi connectivity index (χ2v) is 5.12. The summed E-state index contributed by atoms with van der Waals surface area (Å²) in [4.78, 5) is 14.0. The molecule has 0 spiro atoms. The van der Waals surface area contributed by atoms with Crippen molar-refractivity contribution in [3.8, 4) is 5.75 Å². The number of hydrogen-bond donors (Lipinski definition) is 1. The second-order valence-electron chi connectivity index (χ2n) is 4.71. The zero-order valence-electron chi connectivity index (χ0n) is 12.0. The van der Waals surface area contributed by atoms with E-state index in [0.29, 0.717) is 22.8 Å². The fourth-order valence-corrected chi connectivity index (χ4v) is 2.18. The first-order valence-corrected chi connectivity index (χ1v) is 6.83. The van der Waals surface area contributed by atoms with Crippen LogP contribution in [0.5, 0.6) is 5.75 Å². The molecule has 21 heavy (non-hydrogen) atoms. The molecular formula is C16H17ClN2O2. The van der Waals surface area contributed by atoms with Gasteiger partial charge in [-0.1, -0.05) is 29.8 Å². The Morgan fingerprint density at radius 3 is 2.52 bits per heavy atom. The lowest BCUT2D eigenvalue weighted by atomic mass is 10.1. The number of carbonyl (C=O) groups is 1. The van der Waals surface area contributed by atoms with E-state index < -0.39 is 0 Å². The standard InChI is InChI=1S/C16H17ClN2O2/c1-19(10-11-6-8-12(21-2)9-7-11)16(20)13-4-3-5-14(17)15(13)18/h3-9H,10,18H2,1-2H3. The van der Waals surface area contributed by atoms with Crippen LogP contribution in [0.15, 0.2) is 42.5 Å². The quantitative estimate of drug-likeness (QED) is 0.883. The molecule has 0 aliphatic rings. The highest BCUT2D eigenvalue weighted by Crippen LogP contribution is 2.24. The smallest absolute Gasteiger partial charge is 0.256 e. The number of halogens is 1. The predicted molar refractivity (Wildman–Crippen MR) is 84.7 cm³/mol. The van der Waals surface area contributed by atoms with E-state index in [4.69, 9.17) is 22.1 Å². The molecule has 1 amide bonds. The van der Waals surface area contributed by atoms with Crippen LogP contribution in [0.25, 0.3) is 0 Å². The molecule has 5 heteroatoms. The summed E-state index contributed by atoms with van der Waals surface area (Å²) < 4.78 is 5.11. The highest BCUT2D eigenvalue weighted by Gasteiger charge is 2.16. The number of carbonyl (C=O) groups excluding carboxylic acids is 1. The highest BCUT2D eigenvalue weighted by molar-refractivity contribution is 6.33. The van der Waals surface area contributed by atoms with Gasteiger partial charge in [-0.3, -0.25) is 4.79 Å². The molecule has 2 rings (SSSR count). The van der Waals surface area contributed by atoms with Crippen molar-refractivity contribution in [2.24, 2.45) is 0 Å². The molecule has 110 valence electrons. The Labute approximate surface area is 129 Å². The Kier molecular flexibility index (Phi) is 4.70. The van der Waals surface area contributed by atoms with Crippen LogP contribution in [0.4, 0.5) is 5.69 Å². The van der Waals surface area contributed by atoms with Gasteiger partial charge in [0.2, 0.25) is 0 Å². The van der Waals surface area contributed by atoms with Gasteiger partial charge in [0.05, 0.1) is 23.4 Å². The molecule has 2 N–H and O–H groups in total. The summed E-state index contributed by atoms with van der Waals surface area (Å²) in [5.74, 6) is 0.623. The van der Waals surface area contributed by atoms with E-state index in [1.807, 2.05) is 24.3 Å². The van der Waals surface area contributed by atoms with Crippen molar-refractivity contribution in [1.82, 2.24) is 4.90 Å². The molecule has 0 unspecified atom stereocenters. The van der Waals surface area contributed by atoms with Crippen molar-refractivity contribution in [3.63, 3.8) is 0 Å². The van der Waals surface area contributed by atoms with Gasteiger partial charge in [0.25, 0.3) is 5.91 Å². The Hall–Kier alpha value is -2.20. The zero-order chi connectivity index (χ0) is 15.4. The number of nitrogens with two attached hydrogens (primary N) is 1. The minimum absolute atomic E-state index is 0.161. The van der Waals surface area contributed by atoms with Crippen LogP contribution in [-0.4, -0.2) is 25.0 Å². The fraction of sp³-hybridized carbons (Fsp3) is 0.188. The molecule has 0 aliphatic carbocycles. The average molecular weight is 305 g/mol. The summed E-state index contributed by atoms with van der Waals surface area (Å²) in [7, 11) is 3.35. The van der Waals surface area contributed by atoms with E-state index in [9.17, 15) is 4.79 Å². The summed E-state index contributed by atoms with van der Waals surface area (Å²) >= 11 is 5.95. The average Bonchev–Trinajstić information content (AvgIpc) is 2.50. The van der Waals surface area contributed by atoms with Gasteiger partial charge in [0.15, 0.2) is 0 Å². The van der Waals surface area contributed by atoms with E-state index in [2.05, 4.69) is 0 Å². The summed E-state index contributed by atoms with van der Waals surface area (Å²) in [6.45, 7) is 0.481. The maximum absolute atomic E-state index is 12.4. The van der Waals surface area contributed by atoms with E-state index in [1.54, 1.807) is 37.3 Å². The third kappa shape index (κ3) is 3.47. The van der Waals surface area contributed by atoms with Crippen molar-refractivity contribution in [3.05, 3.63) is 58.6 Å². The van der Waals surface area contributed by atoms with Gasteiger partial charge in [-0.15, -0.1) is 0 Å². The maximum atomic E-state index is 12.4. The first-order chi connectivity index (χ1) is 10.0. The molecule has 0 saturated carbocycles. The number of amides is 1. The number of nitrogens with zero attached hydrogens (tertiary/aromatic N) is 1. The number of anilines is 1. The minimum Gasteiger partial charge on any atom is -0.497 e. The van der Waals surface area contributed by atoms with E-state index in [0.717, 1.165) is 11.3 Å². The Balaban J connectivity index is 2.13. The number of para-hydroxylation sites is 1. The normalized spacial score (nSPS) is 10.2. The van der Waals surface area contributed by atoms with Crippen LogP contribution in [0.2, 0.25) is 5.02 Å². The van der Waals surface area contributed by atoms with Crippen molar-refractivity contribution in [2.75, 3.05) is 19.9 Å². The summed E-state index contributed by atoms with van der Waals surface area (Å²) in [5.41, 5.74) is 7.59. The van der Waals surface area contributed by atoms with Crippen LogP contribution in [0.3, 0.4) is 0 Å². The number of nitrogen functional groups attached to an aromatic ring is 1. The van der Waals surface area contributed by atoms with Gasteiger partial charge < -0.3 is 15.4 Å². The molecule has 4 nitrogen and oxygen atoms in total. The lowest BCUT2D eigenvalue weighted by Gasteiger charge is -2.18. The third-order valence-electron chi connectivity index (χ3n) is 3.21. The van der Waals surface area contributed by atoms with Crippen LogP contribution < -0.4 is 10.5 Å². The third-order valence-corrected chi connectivity index (χ3v) is 3.54. The Bertz CT molecular complexity index is 641. The summed E-state index contributed by atoms with van der Waals surface area (Å²) in [6.07, 6.45) is 0. The van der Waals surface area contributed by atoms with E-state index >= 15 is 0 Å². The van der Waals surface area contributed by atoms with Crippen molar-refractivity contribution >= 4 is 23.2 Å². The summed E-state index contributed by atoms with van der Waals surface area (Å²) in [5, 5.41) is 0.388. The molecule has 0 aromatic heterocycles. The topological polar surface area (TPSA) is 55.6 Å². The van der Waals surface area contributed by atoms with Gasteiger partial charge in [0.1, 0.15) is 5.75 Å². The molecule has 0 fully saturated rings. The first kappa shape index (κ1) is 15.2. The van der Waals surface area contributed by atoms with Crippen molar-refractivity contribution in [1.29, 1.82) is 0 Å². The Morgan fingerprint density at radius 2 is 1.90 bits per heavy atom. The molecule has 2 aromatic carbocycles. The summed E-state index contributed by atoms with van der Waals surface area (Å²) in [6, 6.07) is 12.6. The molecule has 0 saturated heterocycles. The molecule has 0 radical (unpaired) electrons. The van der Waals surface area contributed by atoms with Crippen LogP contribution in [0, 0.1) is 0 Å². The van der Waals surface area contributed by atoms with Crippen molar-refractivity contribution in [2.45, 2.75) is 6.54 Å². The van der Waals surface area contributed by atoms with Gasteiger partial charge in [-0.2, -0.15) is 0 Å². The van der Waals surface area contributed by atoms with Crippen LogP contribution in [-0.2, 0) is 6.54 Å². The first-order valence-electron chi connectivity index (χ1n) is 6.45. The highest BCUT2D eigenvalue weighted by atomic mass is 35.5. The minimum atomic E-state index is -0.161. The number of methoxy groups -OCH3 is 1. The molecule has 0 heterocycles. The van der Waals surface area contributed by atoms with Gasteiger partial charge in [0, 0.05) is 13.6 Å². The van der Waals surface area contributed by atoms with Gasteiger partial charge in [-0.05, 0) is 29.8 Å². The van der Waals surface area contributed by atoms with Gasteiger partial charge in [-0.25, -0.2) is 0 Å².